The topological polar surface area (TPSA) is 109 Å². The molecule has 0 saturated carbocycles. The number of carbonyl (C=O) groups excluding carboxylic acids is 1. The van der Waals surface area contributed by atoms with E-state index in [1.54, 1.807) is 0 Å². The van der Waals surface area contributed by atoms with Gasteiger partial charge in [-0.25, -0.2) is 4.98 Å². The van der Waals surface area contributed by atoms with Gasteiger partial charge in [-0.05, 0) is 25.0 Å². The average Bonchev–Trinajstić information content (AvgIpc) is 2.59. The van der Waals surface area contributed by atoms with Crippen LogP contribution in [0.2, 0.25) is 0 Å². The molecule has 1 unspecified atom stereocenters. The summed E-state index contributed by atoms with van der Waals surface area (Å²) in [4.78, 5) is 17.8. The molecular formula is C18H24F3N5O. The van der Waals surface area contributed by atoms with E-state index in [0.717, 1.165) is 18.6 Å². The van der Waals surface area contributed by atoms with E-state index in [1.807, 2.05) is 13.8 Å². The average molecular weight is 383 g/mol. The number of rotatable bonds is 5. The number of amides is 1. The molecule has 2 heterocycles. The number of hydrogen-bond donors (Lipinski definition) is 3. The molecule has 0 radical (unpaired) electrons. The highest BCUT2D eigenvalue weighted by Crippen LogP contribution is 2.31. The lowest BCUT2D eigenvalue weighted by Crippen LogP contribution is -2.47. The first kappa shape index (κ1) is 20.7. The van der Waals surface area contributed by atoms with E-state index in [1.165, 1.54) is 4.90 Å². The third-order valence-corrected chi connectivity index (χ3v) is 4.60. The molecule has 27 heavy (non-hydrogen) atoms. The largest absolute Gasteiger partial charge is 0.433 e. The summed E-state index contributed by atoms with van der Waals surface area (Å²) in [6.45, 7) is 4.14. The molecule has 0 spiro atoms. The molecule has 2 rings (SSSR count). The van der Waals surface area contributed by atoms with Crippen molar-refractivity contribution in [3.8, 4) is 0 Å². The summed E-state index contributed by atoms with van der Waals surface area (Å²) in [6.07, 6.45) is -2.39. The molecule has 0 fully saturated rings. The predicted molar refractivity (Wildman–Crippen MR) is 97.2 cm³/mol. The zero-order valence-corrected chi connectivity index (χ0v) is 15.4. The minimum absolute atomic E-state index is 0.0803. The van der Waals surface area contributed by atoms with Gasteiger partial charge in [-0.3, -0.25) is 4.79 Å². The van der Waals surface area contributed by atoms with Gasteiger partial charge in [0.25, 0.3) is 5.91 Å². The van der Waals surface area contributed by atoms with E-state index in [0.29, 0.717) is 42.8 Å². The van der Waals surface area contributed by atoms with Crippen molar-refractivity contribution in [2.45, 2.75) is 51.7 Å². The molecule has 1 aromatic heterocycles. The second-order valence-corrected chi connectivity index (χ2v) is 6.47. The number of nitrogens with two attached hydrogens (primary N) is 2. The number of carbonyl (C=O) groups is 1. The molecule has 0 aromatic carbocycles. The van der Waals surface area contributed by atoms with Crippen molar-refractivity contribution in [1.82, 2.24) is 9.88 Å². The highest BCUT2D eigenvalue weighted by Gasteiger charge is 2.36. The van der Waals surface area contributed by atoms with Crippen molar-refractivity contribution >= 4 is 17.4 Å². The lowest BCUT2D eigenvalue weighted by Gasteiger charge is -2.38. The van der Waals surface area contributed by atoms with Crippen LogP contribution in [0.4, 0.5) is 19.0 Å². The second-order valence-electron chi connectivity index (χ2n) is 6.47. The number of aromatic nitrogens is 1. The maximum absolute atomic E-state index is 13.0. The fourth-order valence-electron chi connectivity index (χ4n) is 3.32. The van der Waals surface area contributed by atoms with E-state index in [4.69, 9.17) is 16.9 Å². The van der Waals surface area contributed by atoms with Gasteiger partial charge in [0.05, 0.1) is 11.6 Å². The monoisotopic (exact) mass is 383 g/mol. The van der Waals surface area contributed by atoms with Crippen LogP contribution in [0.15, 0.2) is 23.4 Å². The van der Waals surface area contributed by atoms with Gasteiger partial charge < -0.3 is 21.8 Å². The Bertz CT molecular complexity index is 773. The van der Waals surface area contributed by atoms with Gasteiger partial charge in [-0.15, -0.1) is 0 Å². The van der Waals surface area contributed by atoms with E-state index >= 15 is 0 Å². The van der Waals surface area contributed by atoms with E-state index < -0.39 is 29.6 Å². The van der Waals surface area contributed by atoms with Gasteiger partial charge in [0.2, 0.25) is 0 Å². The molecule has 0 bridgehead atoms. The number of nitrogens with one attached hydrogen (secondary N) is 1. The number of anilines is 1. The summed E-state index contributed by atoms with van der Waals surface area (Å²) >= 11 is 0. The maximum Gasteiger partial charge on any atom is 0.433 e. The molecular weight excluding hydrogens is 359 g/mol. The zero-order chi connectivity index (χ0) is 20.4. The van der Waals surface area contributed by atoms with Crippen molar-refractivity contribution in [3.05, 3.63) is 34.7 Å². The van der Waals surface area contributed by atoms with Crippen LogP contribution in [0.1, 0.15) is 55.6 Å². The number of nitrogen functional groups attached to an aromatic ring is 1. The first-order valence-corrected chi connectivity index (χ1v) is 8.82. The SMILES string of the molecule is CCCC(=N)C1=C(N)CCN(C(=O)c2ccc(C(F)(F)F)nc2N)C1CC. The van der Waals surface area contributed by atoms with Crippen molar-refractivity contribution in [3.63, 3.8) is 0 Å². The van der Waals surface area contributed by atoms with Crippen molar-refractivity contribution in [2.75, 3.05) is 12.3 Å². The van der Waals surface area contributed by atoms with Crippen LogP contribution in [-0.2, 0) is 6.18 Å². The first-order chi connectivity index (χ1) is 12.6. The van der Waals surface area contributed by atoms with E-state index in [9.17, 15) is 18.0 Å². The van der Waals surface area contributed by atoms with Crippen LogP contribution >= 0.6 is 0 Å². The van der Waals surface area contributed by atoms with Crippen LogP contribution in [0.3, 0.4) is 0 Å². The summed E-state index contributed by atoms with van der Waals surface area (Å²) in [5, 5.41) is 8.28. The van der Waals surface area contributed by atoms with Crippen molar-refractivity contribution < 1.29 is 18.0 Å². The first-order valence-electron chi connectivity index (χ1n) is 8.82. The van der Waals surface area contributed by atoms with Crippen LogP contribution in [0, 0.1) is 5.41 Å². The standard InChI is InChI=1S/C18H24F3N5O/c1-3-5-11(22)15-12(23)8-9-26(13(15)4-2)17(27)10-6-7-14(18(19,20)21)25-16(10)24/h6-7,13,22H,3-5,8-9,23H2,1-2H3,(H2,24,25). The maximum atomic E-state index is 13.0. The molecule has 6 nitrogen and oxygen atoms in total. The molecule has 148 valence electrons. The van der Waals surface area contributed by atoms with Crippen LogP contribution in [0.25, 0.3) is 0 Å². The lowest BCUT2D eigenvalue weighted by atomic mass is 9.89. The van der Waals surface area contributed by atoms with Gasteiger partial charge in [0, 0.05) is 29.9 Å². The number of alkyl halides is 3. The molecule has 1 amide bonds. The van der Waals surface area contributed by atoms with E-state index in [2.05, 4.69) is 4.98 Å². The molecule has 1 aliphatic rings. The van der Waals surface area contributed by atoms with Crippen LogP contribution in [-0.4, -0.2) is 34.1 Å². The Hall–Kier alpha value is -2.58. The number of pyridine rings is 1. The smallest absolute Gasteiger partial charge is 0.402 e. The number of nitrogens with zero attached hydrogens (tertiary/aromatic N) is 2. The Balaban J connectivity index is 2.37. The van der Waals surface area contributed by atoms with Gasteiger partial charge in [0.1, 0.15) is 11.5 Å². The summed E-state index contributed by atoms with van der Waals surface area (Å²) in [6, 6.07) is 1.39. The highest BCUT2D eigenvalue weighted by molar-refractivity contribution is 6.03. The summed E-state index contributed by atoms with van der Waals surface area (Å²) in [7, 11) is 0. The fourth-order valence-corrected chi connectivity index (χ4v) is 3.32. The number of hydrogen-bond acceptors (Lipinski definition) is 5. The van der Waals surface area contributed by atoms with Gasteiger partial charge >= 0.3 is 6.18 Å². The summed E-state index contributed by atoms with van der Waals surface area (Å²) in [5.74, 6) is -0.965. The summed E-state index contributed by atoms with van der Waals surface area (Å²) in [5.41, 5.74) is 12.1. The van der Waals surface area contributed by atoms with Crippen molar-refractivity contribution in [1.29, 1.82) is 5.41 Å². The molecule has 1 aromatic rings. The molecule has 1 aliphatic heterocycles. The molecule has 0 saturated heterocycles. The Morgan fingerprint density at radius 3 is 2.52 bits per heavy atom. The normalized spacial score (nSPS) is 18.0. The Kier molecular flexibility index (Phi) is 6.12. The predicted octanol–water partition coefficient (Wildman–Crippen LogP) is 3.34. The number of halogens is 3. The highest BCUT2D eigenvalue weighted by atomic mass is 19.4. The minimum Gasteiger partial charge on any atom is -0.402 e. The Labute approximate surface area is 155 Å². The van der Waals surface area contributed by atoms with Gasteiger partial charge in [-0.1, -0.05) is 20.3 Å². The summed E-state index contributed by atoms with van der Waals surface area (Å²) < 4.78 is 38.3. The minimum atomic E-state index is -4.63. The van der Waals surface area contributed by atoms with Gasteiger partial charge in [-0.2, -0.15) is 13.2 Å². The second kappa shape index (κ2) is 7.98. The third kappa shape index (κ3) is 4.23. The molecule has 1 atom stereocenters. The van der Waals surface area contributed by atoms with Crippen LogP contribution < -0.4 is 11.5 Å². The third-order valence-electron chi connectivity index (χ3n) is 4.60. The molecule has 5 N–H and O–H groups in total. The van der Waals surface area contributed by atoms with Crippen molar-refractivity contribution in [2.24, 2.45) is 5.73 Å². The fraction of sp³-hybridized carbons (Fsp3) is 0.500. The zero-order valence-electron chi connectivity index (χ0n) is 15.4. The Morgan fingerprint density at radius 2 is 2.00 bits per heavy atom. The Morgan fingerprint density at radius 1 is 1.33 bits per heavy atom. The van der Waals surface area contributed by atoms with Gasteiger partial charge in [0.15, 0.2) is 0 Å². The van der Waals surface area contributed by atoms with Crippen LogP contribution in [0.5, 0.6) is 0 Å². The van der Waals surface area contributed by atoms with E-state index in [-0.39, 0.29) is 5.56 Å². The lowest BCUT2D eigenvalue weighted by molar-refractivity contribution is -0.141. The quantitative estimate of drug-likeness (QED) is 0.678. The molecule has 9 heteroatoms. The molecule has 0 aliphatic carbocycles.